The standard InChI is InChI=1S/C15H16BrN5OS.ClH/c16-10-1-2-12-11(9-10)13-14(17-12)18-15(20-19-13)23-8-5-21-3-6-22-7-4-21;/h1-2,9H,3-8H2,(H,17,18,20);1H/p-1. The number of ether oxygens (including phenoxy) is 1. The number of nitrogens with zero attached hydrogens (tertiary/aromatic N) is 4. The number of H-pyrrole nitrogens is 1. The Hall–Kier alpha value is -0.930. The molecule has 1 fully saturated rings. The summed E-state index contributed by atoms with van der Waals surface area (Å²) in [7, 11) is 0. The zero-order chi connectivity index (χ0) is 15.6. The molecule has 1 N–H and O–H groups in total. The molecule has 3 heterocycles. The van der Waals surface area contributed by atoms with E-state index in [4.69, 9.17) is 4.74 Å². The number of nitrogens with one attached hydrogen (secondary N) is 1. The fourth-order valence-electron chi connectivity index (χ4n) is 2.68. The van der Waals surface area contributed by atoms with Crippen molar-refractivity contribution in [2.45, 2.75) is 5.16 Å². The molecular formula is C15H16BrClN5OS-. The molecule has 0 aliphatic carbocycles. The van der Waals surface area contributed by atoms with Crippen LogP contribution in [-0.2, 0) is 4.74 Å². The maximum absolute atomic E-state index is 5.36. The molecule has 1 aromatic carbocycles. The van der Waals surface area contributed by atoms with Gasteiger partial charge in [-0.25, -0.2) is 4.98 Å². The molecule has 0 atom stereocenters. The summed E-state index contributed by atoms with van der Waals surface area (Å²) in [5, 5.41) is 10.4. The SMILES string of the molecule is Brc1ccc2[nH]c3nc(SCCN4CCOCC4)nnc3c2c1.[Cl-]. The van der Waals surface area contributed by atoms with Crippen molar-refractivity contribution in [1.82, 2.24) is 25.1 Å². The summed E-state index contributed by atoms with van der Waals surface area (Å²) in [6.07, 6.45) is 0. The van der Waals surface area contributed by atoms with Crippen LogP contribution >= 0.6 is 27.7 Å². The molecule has 0 unspecified atom stereocenters. The highest BCUT2D eigenvalue weighted by atomic mass is 79.9. The Kier molecular flexibility index (Phi) is 5.93. The van der Waals surface area contributed by atoms with Crippen LogP contribution in [0.3, 0.4) is 0 Å². The van der Waals surface area contributed by atoms with Gasteiger partial charge in [0.2, 0.25) is 5.16 Å². The van der Waals surface area contributed by atoms with Gasteiger partial charge >= 0.3 is 0 Å². The number of aromatic amines is 1. The smallest absolute Gasteiger partial charge is 0.211 e. The van der Waals surface area contributed by atoms with Gasteiger partial charge < -0.3 is 22.1 Å². The first-order chi connectivity index (χ1) is 11.3. The van der Waals surface area contributed by atoms with Crippen LogP contribution in [-0.4, -0.2) is 63.7 Å². The minimum absolute atomic E-state index is 0. The maximum Gasteiger partial charge on any atom is 0.211 e. The molecule has 0 saturated carbocycles. The largest absolute Gasteiger partial charge is 1.00 e. The quantitative estimate of drug-likeness (QED) is 0.574. The Morgan fingerprint density at radius 2 is 2.08 bits per heavy atom. The summed E-state index contributed by atoms with van der Waals surface area (Å²) >= 11 is 5.13. The van der Waals surface area contributed by atoms with Crippen LogP contribution in [0.1, 0.15) is 0 Å². The molecule has 24 heavy (non-hydrogen) atoms. The highest BCUT2D eigenvalue weighted by Crippen LogP contribution is 2.26. The van der Waals surface area contributed by atoms with Crippen LogP contribution in [0, 0.1) is 0 Å². The van der Waals surface area contributed by atoms with Crippen LogP contribution in [0.2, 0.25) is 0 Å². The lowest BCUT2D eigenvalue weighted by Gasteiger charge is -2.26. The molecular weight excluding hydrogens is 414 g/mol. The fraction of sp³-hybridized carbons (Fsp3) is 0.400. The highest BCUT2D eigenvalue weighted by Gasteiger charge is 2.12. The molecule has 6 nitrogen and oxygen atoms in total. The van der Waals surface area contributed by atoms with Gasteiger partial charge in [-0.3, -0.25) is 4.90 Å². The Morgan fingerprint density at radius 3 is 2.92 bits per heavy atom. The zero-order valence-electron chi connectivity index (χ0n) is 12.8. The normalized spacial score (nSPS) is 15.7. The summed E-state index contributed by atoms with van der Waals surface area (Å²) in [6, 6.07) is 6.06. The molecule has 0 amide bonds. The van der Waals surface area contributed by atoms with E-state index in [-0.39, 0.29) is 12.4 Å². The van der Waals surface area contributed by atoms with Gasteiger partial charge in [-0.05, 0) is 18.2 Å². The first-order valence-corrected chi connectivity index (χ1v) is 9.32. The van der Waals surface area contributed by atoms with Gasteiger partial charge in [0.15, 0.2) is 5.65 Å². The van der Waals surface area contributed by atoms with Gasteiger partial charge in [0.1, 0.15) is 5.52 Å². The van der Waals surface area contributed by atoms with Crippen molar-refractivity contribution in [3.8, 4) is 0 Å². The van der Waals surface area contributed by atoms with E-state index < -0.39 is 0 Å². The minimum Gasteiger partial charge on any atom is -1.00 e. The number of aromatic nitrogens is 4. The van der Waals surface area contributed by atoms with Crippen LogP contribution in [0.15, 0.2) is 27.8 Å². The first-order valence-electron chi connectivity index (χ1n) is 7.54. The van der Waals surface area contributed by atoms with Gasteiger partial charge in [0.25, 0.3) is 0 Å². The Balaban J connectivity index is 0.00000169. The number of benzene rings is 1. The second-order valence-corrected chi connectivity index (χ2v) is 7.39. The van der Waals surface area contributed by atoms with Crippen molar-refractivity contribution in [2.24, 2.45) is 0 Å². The molecule has 9 heteroatoms. The number of fused-ring (bicyclic) bond motifs is 3. The third-order valence-electron chi connectivity index (χ3n) is 3.90. The maximum atomic E-state index is 5.36. The average molecular weight is 430 g/mol. The summed E-state index contributed by atoms with van der Waals surface area (Å²) in [5.41, 5.74) is 2.64. The lowest BCUT2D eigenvalue weighted by molar-refractivity contribution is -0.00000604. The summed E-state index contributed by atoms with van der Waals surface area (Å²) in [6.45, 7) is 4.71. The van der Waals surface area contributed by atoms with Crippen molar-refractivity contribution in [1.29, 1.82) is 0 Å². The van der Waals surface area contributed by atoms with E-state index >= 15 is 0 Å². The number of halogens is 2. The van der Waals surface area contributed by atoms with E-state index in [1.165, 1.54) is 0 Å². The molecule has 1 saturated heterocycles. The molecule has 1 aliphatic heterocycles. The van der Waals surface area contributed by atoms with E-state index in [0.29, 0.717) is 0 Å². The number of morpholine rings is 1. The topological polar surface area (TPSA) is 66.9 Å². The number of hydrogen-bond donors (Lipinski definition) is 1. The molecule has 0 spiro atoms. The van der Waals surface area contributed by atoms with Crippen LogP contribution in [0.4, 0.5) is 0 Å². The minimum atomic E-state index is 0. The average Bonchev–Trinajstić information content (AvgIpc) is 2.93. The second-order valence-electron chi connectivity index (χ2n) is 5.41. The van der Waals surface area contributed by atoms with Crippen LogP contribution < -0.4 is 12.4 Å². The van der Waals surface area contributed by atoms with Gasteiger partial charge in [0.05, 0.1) is 13.2 Å². The molecule has 128 valence electrons. The van der Waals surface area contributed by atoms with E-state index in [0.717, 1.165) is 70.3 Å². The Labute approximate surface area is 158 Å². The zero-order valence-corrected chi connectivity index (χ0v) is 16.0. The highest BCUT2D eigenvalue weighted by molar-refractivity contribution is 9.10. The number of rotatable bonds is 4. The van der Waals surface area contributed by atoms with Gasteiger partial charge in [-0.1, -0.05) is 27.7 Å². The lowest BCUT2D eigenvalue weighted by Crippen LogP contribution is -3.00. The van der Waals surface area contributed by atoms with Crippen molar-refractivity contribution in [2.75, 3.05) is 38.6 Å². The fourth-order valence-corrected chi connectivity index (χ4v) is 3.83. The second kappa shape index (κ2) is 7.97. The molecule has 4 rings (SSSR count). The molecule has 1 aliphatic rings. The van der Waals surface area contributed by atoms with Gasteiger partial charge in [-0.2, -0.15) is 0 Å². The Bertz CT molecular complexity index is 839. The Morgan fingerprint density at radius 1 is 1.25 bits per heavy atom. The van der Waals surface area contributed by atoms with E-state index in [9.17, 15) is 0 Å². The van der Waals surface area contributed by atoms with Crippen molar-refractivity contribution in [3.05, 3.63) is 22.7 Å². The molecule has 3 aromatic rings. The predicted octanol–water partition coefficient (Wildman–Crippen LogP) is -0.303. The monoisotopic (exact) mass is 428 g/mol. The predicted molar refractivity (Wildman–Crippen MR) is 94.9 cm³/mol. The van der Waals surface area contributed by atoms with Crippen LogP contribution in [0.5, 0.6) is 0 Å². The third kappa shape index (κ3) is 3.83. The van der Waals surface area contributed by atoms with E-state index in [1.54, 1.807) is 11.8 Å². The molecule has 0 radical (unpaired) electrons. The molecule has 0 bridgehead atoms. The van der Waals surface area contributed by atoms with E-state index in [2.05, 4.69) is 41.0 Å². The number of hydrogen-bond acceptors (Lipinski definition) is 6. The lowest BCUT2D eigenvalue weighted by atomic mass is 10.2. The van der Waals surface area contributed by atoms with Crippen LogP contribution in [0.25, 0.3) is 22.1 Å². The van der Waals surface area contributed by atoms with Crippen molar-refractivity contribution >= 4 is 49.8 Å². The number of thioether (sulfide) groups is 1. The van der Waals surface area contributed by atoms with E-state index in [1.807, 2.05) is 18.2 Å². The van der Waals surface area contributed by atoms with Crippen molar-refractivity contribution < 1.29 is 17.1 Å². The summed E-state index contributed by atoms with van der Waals surface area (Å²) in [4.78, 5) is 10.3. The molecule has 2 aromatic heterocycles. The summed E-state index contributed by atoms with van der Waals surface area (Å²) in [5.74, 6) is 0.957. The summed E-state index contributed by atoms with van der Waals surface area (Å²) < 4.78 is 6.38. The van der Waals surface area contributed by atoms with Crippen molar-refractivity contribution in [3.63, 3.8) is 0 Å². The third-order valence-corrected chi connectivity index (χ3v) is 5.21. The first kappa shape index (κ1) is 17.9. The van der Waals surface area contributed by atoms with Gasteiger partial charge in [0, 0.05) is 40.8 Å². The van der Waals surface area contributed by atoms with Gasteiger partial charge in [-0.15, -0.1) is 10.2 Å².